The maximum atomic E-state index is 13.4. The predicted molar refractivity (Wildman–Crippen MR) is 108 cm³/mol. The maximum Gasteiger partial charge on any atom is 0.268 e. The number of rotatable bonds is 5. The molecule has 5 nitrogen and oxygen atoms in total. The molecule has 6 heteroatoms. The van der Waals surface area contributed by atoms with E-state index in [1.165, 1.54) is 3.97 Å². The van der Waals surface area contributed by atoms with Crippen LogP contribution in [0.2, 0.25) is 0 Å². The molecule has 1 aromatic heterocycles. The molecule has 0 aliphatic heterocycles. The van der Waals surface area contributed by atoms with Crippen LogP contribution in [-0.4, -0.2) is 24.6 Å². The van der Waals surface area contributed by atoms with E-state index < -0.39 is 16.1 Å². The molecule has 1 heterocycles. The number of aromatic nitrogens is 1. The summed E-state index contributed by atoms with van der Waals surface area (Å²) in [7, 11) is -2.36. The molecule has 0 saturated carbocycles. The van der Waals surface area contributed by atoms with Crippen molar-refractivity contribution in [2.24, 2.45) is 0 Å². The highest BCUT2D eigenvalue weighted by atomic mass is 32.2. The molecular formula is C22H19NO4S. The van der Waals surface area contributed by atoms with E-state index in [0.29, 0.717) is 22.2 Å². The van der Waals surface area contributed by atoms with E-state index in [1.54, 1.807) is 86.0 Å². The summed E-state index contributed by atoms with van der Waals surface area (Å²) in [5, 5.41) is 11.7. The zero-order valence-corrected chi connectivity index (χ0v) is 16.0. The second-order valence-electron chi connectivity index (χ2n) is 6.39. The molecular weight excluding hydrogens is 374 g/mol. The fourth-order valence-electron chi connectivity index (χ4n) is 3.28. The van der Waals surface area contributed by atoms with Gasteiger partial charge in [0.25, 0.3) is 10.0 Å². The van der Waals surface area contributed by atoms with Gasteiger partial charge in [-0.25, -0.2) is 12.4 Å². The van der Waals surface area contributed by atoms with Crippen molar-refractivity contribution in [3.8, 4) is 5.75 Å². The Morgan fingerprint density at radius 1 is 0.893 bits per heavy atom. The zero-order chi connectivity index (χ0) is 19.7. The summed E-state index contributed by atoms with van der Waals surface area (Å²) >= 11 is 0. The molecule has 0 bridgehead atoms. The smallest absolute Gasteiger partial charge is 0.268 e. The molecule has 28 heavy (non-hydrogen) atoms. The minimum absolute atomic E-state index is 0.157. The Morgan fingerprint density at radius 2 is 1.54 bits per heavy atom. The molecule has 0 saturated heterocycles. The number of ether oxygens (including phenoxy) is 1. The van der Waals surface area contributed by atoms with Crippen molar-refractivity contribution >= 4 is 20.9 Å². The van der Waals surface area contributed by atoms with Crippen LogP contribution in [-0.2, 0) is 10.0 Å². The van der Waals surface area contributed by atoms with Gasteiger partial charge in [-0.2, -0.15) is 0 Å². The van der Waals surface area contributed by atoms with Crippen molar-refractivity contribution in [3.05, 3.63) is 96.2 Å². The number of aliphatic hydroxyl groups excluding tert-OH is 1. The van der Waals surface area contributed by atoms with Crippen LogP contribution < -0.4 is 4.74 Å². The van der Waals surface area contributed by atoms with Gasteiger partial charge < -0.3 is 9.84 Å². The molecule has 0 aliphatic carbocycles. The fourth-order valence-corrected chi connectivity index (χ4v) is 4.85. The first-order chi connectivity index (χ1) is 13.5. The van der Waals surface area contributed by atoms with Crippen molar-refractivity contribution in [3.63, 3.8) is 0 Å². The van der Waals surface area contributed by atoms with Crippen LogP contribution in [0.15, 0.2) is 89.8 Å². The largest absolute Gasteiger partial charge is 0.497 e. The minimum atomic E-state index is -3.91. The summed E-state index contributed by atoms with van der Waals surface area (Å²) < 4.78 is 33.4. The van der Waals surface area contributed by atoms with Crippen LogP contribution in [0, 0.1) is 0 Å². The Hall–Kier alpha value is -3.09. The van der Waals surface area contributed by atoms with Crippen LogP contribution in [0.5, 0.6) is 5.75 Å². The van der Waals surface area contributed by atoms with Crippen LogP contribution >= 0.6 is 0 Å². The van der Waals surface area contributed by atoms with Crippen molar-refractivity contribution in [1.82, 2.24) is 3.97 Å². The third-order valence-corrected chi connectivity index (χ3v) is 6.42. The summed E-state index contributed by atoms with van der Waals surface area (Å²) in [5.74, 6) is 0.613. The highest BCUT2D eigenvalue weighted by Gasteiger charge is 2.27. The summed E-state index contributed by atoms with van der Waals surface area (Å²) in [6.45, 7) is 0. The monoisotopic (exact) mass is 393 g/mol. The van der Waals surface area contributed by atoms with Gasteiger partial charge in [0.1, 0.15) is 11.9 Å². The van der Waals surface area contributed by atoms with Crippen LogP contribution in [0.3, 0.4) is 0 Å². The Balaban J connectivity index is 2.00. The highest BCUT2D eigenvalue weighted by molar-refractivity contribution is 7.90. The van der Waals surface area contributed by atoms with Crippen LogP contribution in [0.25, 0.3) is 10.9 Å². The lowest BCUT2D eigenvalue weighted by Crippen LogP contribution is -2.18. The average molecular weight is 393 g/mol. The number of benzene rings is 3. The number of hydrogen-bond acceptors (Lipinski definition) is 4. The van der Waals surface area contributed by atoms with E-state index in [0.717, 1.165) is 0 Å². The van der Waals surface area contributed by atoms with E-state index in [1.807, 2.05) is 6.07 Å². The molecule has 142 valence electrons. The molecule has 0 fully saturated rings. The van der Waals surface area contributed by atoms with E-state index >= 15 is 0 Å². The van der Waals surface area contributed by atoms with Gasteiger partial charge >= 0.3 is 0 Å². The molecule has 4 rings (SSSR count). The number of hydrogen-bond donors (Lipinski definition) is 1. The van der Waals surface area contributed by atoms with Gasteiger partial charge in [0.2, 0.25) is 0 Å². The summed E-state index contributed by atoms with van der Waals surface area (Å²) in [6, 6.07) is 24.0. The number of fused-ring (bicyclic) bond motifs is 1. The molecule has 1 atom stereocenters. The third kappa shape index (κ3) is 3.06. The van der Waals surface area contributed by atoms with Crippen molar-refractivity contribution in [2.75, 3.05) is 7.11 Å². The molecule has 0 radical (unpaired) electrons. The topological polar surface area (TPSA) is 68.5 Å². The molecule has 0 aliphatic rings. The summed E-state index contributed by atoms with van der Waals surface area (Å²) in [4.78, 5) is 0.157. The lowest BCUT2D eigenvalue weighted by molar-refractivity contribution is 0.214. The second-order valence-corrected chi connectivity index (χ2v) is 8.18. The molecule has 0 spiro atoms. The van der Waals surface area contributed by atoms with E-state index in [4.69, 9.17) is 4.74 Å². The van der Waals surface area contributed by atoms with Crippen LogP contribution in [0.1, 0.15) is 17.4 Å². The van der Waals surface area contributed by atoms with Crippen molar-refractivity contribution in [2.45, 2.75) is 11.0 Å². The highest BCUT2D eigenvalue weighted by Crippen LogP contribution is 2.33. The van der Waals surface area contributed by atoms with E-state index in [2.05, 4.69) is 0 Å². The Bertz CT molecular complexity index is 1220. The van der Waals surface area contributed by atoms with Gasteiger partial charge in [-0.05, 0) is 42.0 Å². The Morgan fingerprint density at radius 3 is 2.18 bits per heavy atom. The average Bonchev–Trinajstić information content (AvgIpc) is 3.13. The maximum absolute atomic E-state index is 13.4. The van der Waals surface area contributed by atoms with Gasteiger partial charge in [0.15, 0.2) is 0 Å². The molecule has 3 aromatic carbocycles. The molecule has 4 aromatic rings. The number of nitrogens with zero attached hydrogens (tertiary/aromatic N) is 1. The predicted octanol–water partition coefficient (Wildman–Crippen LogP) is 3.97. The molecule has 1 N–H and O–H groups in total. The summed E-state index contributed by atoms with van der Waals surface area (Å²) in [6.07, 6.45) is -1.10. The Labute approximate surface area is 163 Å². The fraction of sp³-hybridized carbons (Fsp3) is 0.0909. The first-order valence-corrected chi connectivity index (χ1v) is 10.2. The zero-order valence-electron chi connectivity index (χ0n) is 15.2. The van der Waals surface area contributed by atoms with Crippen LogP contribution in [0.4, 0.5) is 0 Å². The number of methoxy groups -OCH3 is 1. The standard InChI is InChI=1S/C22H19NO4S/c1-27-18-12-13-20-17(14-18)15-21(22(24)16-8-4-2-5-9-16)23(20)28(25,26)19-10-6-3-7-11-19/h2-15,22,24H,1H3. The Kier molecular flexibility index (Phi) is 4.66. The van der Waals surface area contributed by atoms with Gasteiger partial charge in [-0.3, -0.25) is 0 Å². The quantitative estimate of drug-likeness (QED) is 0.557. The SMILES string of the molecule is COc1ccc2c(c1)cc(C(O)c1ccccc1)n2S(=O)(=O)c1ccccc1. The molecule has 0 amide bonds. The van der Waals surface area contributed by atoms with Gasteiger partial charge in [0, 0.05) is 5.39 Å². The summed E-state index contributed by atoms with van der Waals surface area (Å²) in [5.41, 5.74) is 1.37. The van der Waals surface area contributed by atoms with Crippen molar-refractivity contribution in [1.29, 1.82) is 0 Å². The van der Waals surface area contributed by atoms with Crippen molar-refractivity contribution < 1.29 is 18.3 Å². The van der Waals surface area contributed by atoms with Gasteiger partial charge in [-0.1, -0.05) is 48.5 Å². The van der Waals surface area contributed by atoms with Gasteiger partial charge in [-0.15, -0.1) is 0 Å². The lowest BCUT2D eigenvalue weighted by atomic mass is 10.1. The molecule has 1 unspecified atom stereocenters. The second kappa shape index (κ2) is 7.14. The van der Waals surface area contributed by atoms with Gasteiger partial charge in [0.05, 0.1) is 23.2 Å². The first kappa shape index (κ1) is 18.3. The normalized spacial score (nSPS) is 12.8. The third-order valence-electron chi connectivity index (χ3n) is 4.67. The number of aliphatic hydroxyl groups is 1. The van der Waals surface area contributed by atoms with E-state index in [9.17, 15) is 13.5 Å². The van der Waals surface area contributed by atoms with E-state index in [-0.39, 0.29) is 10.6 Å². The lowest BCUT2D eigenvalue weighted by Gasteiger charge is -2.16. The minimum Gasteiger partial charge on any atom is -0.497 e. The first-order valence-electron chi connectivity index (χ1n) is 8.75.